The zero-order chi connectivity index (χ0) is 18.2. The van der Waals surface area contributed by atoms with E-state index in [2.05, 4.69) is 10.3 Å². The summed E-state index contributed by atoms with van der Waals surface area (Å²) in [6, 6.07) is 0. The predicted octanol–water partition coefficient (Wildman–Crippen LogP) is 0.360. The van der Waals surface area contributed by atoms with Gasteiger partial charge in [-0.2, -0.15) is 9.40 Å². The van der Waals surface area contributed by atoms with Crippen molar-refractivity contribution in [1.29, 1.82) is 0 Å². The average molecular weight is 370 g/mol. The number of piperazine rings is 1. The molecule has 1 saturated heterocycles. The summed E-state index contributed by atoms with van der Waals surface area (Å²) in [6.07, 6.45) is 2.55. The van der Waals surface area contributed by atoms with Gasteiger partial charge >= 0.3 is 5.69 Å². The van der Waals surface area contributed by atoms with Gasteiger partial charge in [-0.1, -0.05) is 5.16 Å². The van der Waals surface area contributed by atoms with Crippen molar-refractivity contribution in [2.24, 2.45) is 0 Å². The van der Waals surface area contributed by atoms with E-state index in [0.717, 1.165) is 0 Å². The Labute approximate surface area is 144 Å². The largest absolute Gasteiger partial charge is 0.360 e. The standard InChI is InChI=1S/C13H18N6O5S/c1-10-13(11(2)24-15-10)25(22,23)18-5-3-16(4-6-18)9-17-8-12(7-14-17)19(20)21/h7-8H,3-6,9H2,1-2H3. The maximum absolute atomic E-state index is 12.7. The van der Waals surface area contributed by atoms with Gasteiger partial charge in [-0.05, 0) is 13.8 Å². The van der Waals surface area contributed by atoms with Crippen LogP contribution in [0.4, 0.5) is 5.69 Å². The van der Waals surface area contributed by atoms with Crippen molar-refractivity contribution in [3.63, 3.8) is 0 Å². The van der Waals surface area contributed by atoms with Crippen LogP contribution in [0.5, 0.6) is 0 Å². The van der Waals surface area contributed by atoms with Gasteiger partial charge < -0.3 is 4.52 Å². The Balaban J connectivity index is 1.64. The van der Waals surface area contributed by atoms with Crippen LogP contribution < -0.4 is 0 Å². The Morgan fingerprint density at radius 2 is 1.96 bits per heavy atom. The third kappa shape index (κ3) is 3.41. The van der Waals surface area contributed by atoms with E-state index >= 15 is 0 Å². The predicted molar refractivity (Wildman–Crippen MR) is 85.2 cm³/mol. The molecule has 0 unspecified atom stereocenters. The molecule has 1 aliphatic heterocycles. The van der Waals surface area contributed by atoms with Crippen molar-refractivity contribution >= 4 is 15.7 Å². The Hall–Kier alpha value is -2.31. The lowest BCUT2D eigenvalue weighted by molar-refractivity contribution is -0.385. The highest BCUT2D eigenvalue weighted by atomic mass is 32.2. The van der Waals surface area contributed by atoms with Crippen molar-refractivity contribution in [2.45, 2.75) is 25.4 Å². The SMILES string of the molecule is Cc1noc(C)c1S(=O)(=O)N1CCN(Cn2cc([N+](=O)[O-])cn2)CC1. The second-order valence-corrected chi connectivity index (χ2v) is 7.69. The third-order valence-electron chi connectivity index (χ3n) is 4.07. The molecular weight excluding hydrogens is 352 g/mol. The van der Waals surface area contributed by atoms with Crippen LogP contribution in [-0.2, 0) is 16.7 Å². The number of rotatable bonds is 5. The van der Waals surface area contributed by atoms with E-state index in [1.165, 1.54) is 21.4 Å². The lowest BCUT2D eigenvalue weighted by atomic mass is 10.4. The molecule has 0 aliphatic carbocycles. The summed E-state index contributed by atoms with van der Waals surface area (Å²) in [4.78, 5) is 12.3. The molecule has 12 heteroatoms. The fourth-order valence-electron chi connectivity index (χ4n) is 2.81. The van der Waals surface area contributed by atoms with Gasteiger partial charge in [0.15, 0.2) is 5.76 Å². The van der Waals surface area contributed by atoms with E-state index in [0.29, 0.717) is 38.5 Å². The van der Waals surface area contributed by atoms with Crippen molar-refractivity contribution in [2.75, 3.05) is 26.2 Å². The highest BCUT2D eigenvalue weighted by Crippen LogP contribution is 2.24. The van der Waals surface area contributed by atoms with Crippen LogP contribution in [-0.4, -0.2) is 63.7 Å². The van der Waals surface area contributed by atoms with E-state index in [4.69, 9.17) is 4.52 Å². The Morgan fingerprint density at radius 1 is 1.28 bits per heavy atom. The molecule has 3 rings (SSSR count). The highest BCUT2D eigenvalue weighted by molar-refractivity contribution is 7.89. The van der Waals surface area contributed by atoms with Gasteiger partial charge in [0, 0.05) is 26.2 Å². The molecule has 136 valence electrons. The minimum absolute atomic E-state index is 0.0698. The van der Waals surface area contributed by atoms with E-state index in [1.54, 1.807) is 13.8 Å². The summed E-state index contributed by atoms with van der Waals surface area (Å²) in [7, 11) is -3.64. The van der Waals surface area contributed by atoms with Crippen LogP contribution in [0.3, 0.4) is 0 Å². The van der Waals surface area contributed by atoms with Crippen molar-refractivity contribution in [1.82, 2.24) is 24.1 Å². The number of sulfonamides is 1. The quantitative estimate of drug-likeness (QED) is 0.545. The first kappa shape index (κ1) is 17.5. The number of nitro groups is 1. The summed E-state index contributed by atoms with van der Waals surface area (Å²) in [5.41, 5.74) is 0.281. The van der Waals surface area contributed by atoms with Gasteiger partial charge in [-0.25, -0.2) is 8.42 Å². The summed E-state index contributed by atoms with van der Waals surface area (Å²) < 4.78 is 33.3. The molecule has 0 spiro atoms. The molecule has 2 aromatic heterocycles. The molecule has 0 bridgehead atoms. The van der Waals surface area contributed by atoms with Gasteiger partial charge in [-0.15, -0.1) is 0 Å². The Morgan fingerprint density at radius 3 is 2.48 bits per heavy atom. The highest BCUT2D eigenvalue weighted by Gasteiger charge is 2.33. The van der Waals surface area contributed by atoms with Crippen molar-refractivity contribution in [3.8, 4) is 0 Å². The second-order valence-electron chi connectivity index (χ2n) is 5.81. The van der Waals surface area contributed by atoms with Gasteiger partial charge in [0.05, 0.1) is 11.6 Å². The van der Waals surface area contributed by atoms with Crippen molar-refractivity contribution < 1.29 is 17.9 Å². The molecule has 0 N–H and O–H groups in total. The Kier molecular flexibility index (Phi) is 4.58. The van der Waals surface area contributed by atoms with Crippen LogP contribution in [0.15, 0.2) is 21.8 Å². The molecule has 0 saturated carbocycles. The van der Waals surface area contributed by atoms with Gasteiger partial charge in [0.1, 0.15) is 23.0 Å². The normalized spacial score (nSPS) is 17.0. The van der Waals surface area contributed by atoms with Crippen LogP contribution in [0.1, 0.15) is 11.5 Å². The second kappa shape index (κ2) is 6.54. The molecule has 0 amide bonds. The Bertz CT molecular complexity index is 861. The van der Waals surface area contributed by atoms with E-state index in [9.17, 15) is 18.5 Å². The number of hydrogen-bond acceptors (Lipinski definition) is 8. The fourth-order valence-corrected chi connectivity index (χ4v) is 4.53. The van der Waals surface area contributed by atoms with E-state index in [-0.39, 0.29) is 16.3 Å². The summed E-state index contributed by atoms with van der Waals surface area (Å²) >= 11 is 0. The van der Waals surface area contributed by atoms with Gasteiger partial charge in [-0.3, -0.25) is 19.7 Å². The summed E-state index contributed by atoms with van der Waals surface area (Å²) in [5, 5.41) is 18.3. The van der Waals surface area contributed by atoms with E-state index in [1.807, 2.05) is 4.90 Å². The molecule has 0 atom stereocenters. The number of nitrogens with zero attached hydrogens (tertiary/aromatic N) is 6. The first-order valence-electron chi connectivity index (χ1n) is 7.61. The first-order valence-corrected chi connectivity index (χ1v) is 9.05. The van der Waals surface area contributed by atoms with E-state index < -0.39 is 14.9 Å². The molecule has 0 aromatic carbocycles. The van der Waals surface area contributed by atoms with Crippen LogP contribution in [0.2, 0.25) is 0 Å². The van der Waals surface area contributed by atoms with Gasteiger partial charge in [0.25, 0.3) is 0 Å². The van der Waals surface area contributed by atoms with Crippen LogP contribution in [0, 0.1) is 24.0 Å². The lowest BCUT2D eigenvalue weighted by Crippen LogP contribution is -2.49. The summed E-state index contributed by atoms with van der Waals surface area (Å²) in [5.74, 6) is 0.281. The van der Waals surface area contributed by atoms with Crippen molar-refractivity contribution in [3.05, 3.63) is 34.0 Å². The molecular formula is C13H18N6O5S. The molecule has 11 nitrogen and oxygen atoms in total. The zero-order valence-electron chi connectivity index (χ0n) is 13.8. The third-order valence-corrected chi connectivity index (χ3v) is 6.22. The number of hydrogen-bond donors (Lipinski definition) is 0. The number of aromatic nitrogens is 3. The minimum atomic E-state index is -3.64. The molecule has 25 heavy (non-hydrogen) atoms. The minimum Gasteiger partial charge on any atom is -0.360 e. The lowest BCUT2D eigenvalue weighted by Gasteiger charge is -2.33. The zero-order valence-corrected chi connectivity index (χ0v) is 14.6. The monoisotopic (exact) mass is 370 g/mol. The summed E-state index contributed by atoms with van der Waals surface area (Å²) in [6.45, 7) is 5.17. The average Bonchev–Trinajstić information content (AvgIpc) is 3.15. The maximum atomic E-state index is 12.7. The topological polar surface area (TPSA) is 128 Å². The van der Waals surface area contributed by atoms with Crippen LogP contribution in [0.25, 0.3) is 0 Å². The molecule has 1 fully saturated rings. The molecule has 2 aromatic rings. The van der Waals surface area contributed by atoms with Gasteiger partial charge in [0.2, 0.25) is 10.0 Å². The first-order chi connectivity index (χ1) is 11.8. The molecule has 3 heterocycles. The smallest absolute Gasteiger partial charge is 0.307 e. The molecule has 0 radical (unpaired) electrons. The maximum Gasteiger partial charge on any atom is 0.307 e. The number of aryl methyl sites for hydroxylation is 2. The molecule has 1 aliphatic rings. The fraction of sp³-hybridized carbons (Fsp3) is 0.538. The van der Waals surface area contributed by atoms with Crippen LogP contribution >= 0.6 is 0 Å².